The van der Waals surface area contributed by atoms with E-state index in [1.54, 1.807) is 19.1 Å². The molecule has 2 rings (SSSR count). The van der Waals surface area contributed by atoms with Gasteiger partial charge >= 0.3 is 0 Å². The van der Waals surface area contributed by atoms with Crippen molar-refractivity contribution in [3.8, 4) is 0 Å². The van der Waals surface area contributed by atoms with E-state index < -0.39 is 0 Å². The highest BCUT2D eigenvalue weighted by atomic mass is 32.2. The second-order valence-electron chi connectivity index (χ2n) is 3.71. The molecule has 1 amide bonds. The molecule has 9 heteroatoms. The first kappa shape index (κ1) is 14.5. The molecule has 106 valence electrons. The first-order valence-corrected chi connectivity index (χ1v) is 7.52. The van der Waals surface area contributed by atoms with Crippen molar-refractivity contribution in [2.45, 2.75) is 11.3 Å². The molecule has 0 atom stereocenters. The third-order valence-corrected chi connectivity index (χ3v) is 4.04. The van der Waals surface area contributed by atoms with Gasteiger partial charge in [0.25, 0.3) is 0 Å². The van der Waals surface area contributed by atoms with Crippen LogP contribution in [-0.2, 0) is 4.79 Å². The largest absolute Gasteiger partial charge is 0.357 e. The number of aryl methyl sites for hydroxylation is 1. The zero-order valence-corrected chi connectivity index (χ0v) is 12.4. The summed E-state index contributed by atoms with van der Waals surface area (Å²) in [6.07, 6.45) is 1.74. The summed E-state index contributed by atoms with van der Waals surface area (Å²) in [5.41, 5.74) is 0.718. The van der Waals surface area contributed by atoms with Gasteiger partial charge in [-0.3, -0.25) is 10.1 Å². The minimum absolute atomic E-state index is 0.179. The van der Waals surface area contributed by atoms with Gasteiger partial charge in [-0.1, -0.05) is 34.3 Å². The van der Waals surface area contributed by atoms with E-state index >= 15 is 0 Å². The first-order chi connectivity index (χ1) is 9.67. The highest BCUT2D eigenvalue weighted by molar-refractivity contribution is 8.01. The van der Waals surface area contributed by atoms with Crippen molar-refractivity contribution in [1.82, 2.24) is 15.4 Å². The third kappa shape index (κ3) is 4.35. The average Bonchev–Trinajstić information content (AvgIpc) is 3.03. The van der Waals surface area contributed by atoms with E-state index in [4.69, 9.17) is 4.52 Å². The molecule has 2 heterocycles. The fourth-order valence-corrected chi connectivity index (χ4v) is 2.78. The zero-order valence-electron chi connectivity index (χ0n) is 10.8. The lowest BCUT2D eigenvalue weighted by Gasteiger charge is -1.98. The van der Waals surface area contributed by atoms with Gasteiger partial charge in [0, 0.05) is 12.6 Å². The third-order valence-electron chi connectivity index (χ3n) is 2.02. The lowest BCUT2D eigenvalue weighted by molar-refractivity contribution is -0.113. The summed E-state index contributed by atoms with van der Waals surface area (Å²) in [6, 6.07) is 1.66. The fraction of sp³-hybridized carbons (Fsp3) is 0.273. The molecule has 0 aliphatic heterocycles. The van der Waals surface area contributed by atoms with E-state index in [2.05, 4.69) is 32.6 Å². The van der Waals surface area contributed by atoms with Crippen molar-refractivity contribution >= 4 is 40.0 Å². The van der Waals surface area contributed by atoms with Crippen LogP contribution in [0.4, 0.5) is 11.0 Å². The van der Waals surface area contributed by atoms with E-state index in [1.165, 1.54) is 23.1 Å². The van der Waals surface area contributed by atoms with Crippen molar-refractivity contribution in [3.05, 3.63) is 24.4 Å². The van der Waals surface area contributed by atoms with Crippen LogP contribution in [0, 0.1) is 6.92 Å². The number of carbonyl (C=O) groups is 1. The number of amides is 1. The van der Waals surface area contributed by atoms with Crippen LogP contribution in [0.1, 0.15) is 5.69 Å². The summed E-state index contributed by atoms with van der Waals surface area (Å²) in [5, 5.41) is 18.0. The van der Waals surface area contributed by atoms with Gasteiger partial charge in [-0.2, -0.15) is 0 Å². The van der Waals surface area contributed by atoms with Crippen molar-refractivity contribution < 1.29 is 9.32 Å². The van der Waals surface area contributed by atoms with Gasteiger partial charge < -0.3 is 9.84 Å². The predicted molar refractivity (Wildman–Crippen MR) is 79.2 cm³/mol. The van der Waals surface area contributed by atoms with Crippen molar-refractivity contribution in [2.24, 2.45) is 0 Å². The lowest BCUT2D eigenvalue weighted by Crippen LogP contribution is -2.13. The molecule has 0 saturated carbocycles. The second-order valence-corrected chi connectivity index (χ2v) is 5.91. The number of aromatic nitrogens is 3. The van der Waals surface area contributed by atoms with E-state index in [9.17, 15) is 4.79 Å². The maximum absolute atomic E-state index is 11.7. The van der Waals surface area contributed by atoms with Crippen molar-refractivity contribution in [3.63, 3.8) is 0 Å². The molecule has 20 heavy (non-hydrogen) atoms. The maximum Gasteiger partial charge on any atom is 0.237 e. The van der Waals surface area contributed by atoms with Gasteiger partial charge in [0.15, 0.2) is 4.34 Å². The SMILES string of the molecule is C=CCNc1nnc(SCC(=O)Nc2cc(C)no2)s1. The Morgan fingerprint density at radius 1 is 1.60 bits per heavy atom. The van der Waals surface area contributed by atoms with Gasteiger partial charge in [-0.25, -0.2) is 0 Å². The standard InChI is InChI=1S/C11H13N5O2S2/c1-3-4-12-10-14-15-11(20-10)19-6-8(17)13-9-5-7(2)16-18-9/h3,5H,1,4,6H2,2H3,(H,12,14)(H,13,17). The summed E-state index contributed by atoms with van der Waals surface area (Å²) < 4.78 is 5.62. The average molecular weight is 311 g/mol. The Morgan fingerprint density at radius 2 is 2.45 bits per heavy atom. The summed E-state index contributed by atoms with van der Waals surface area (Å²) in [5.74, 6) is 0.399. The summed E-state index contributed by atoms with van der Waals surface area (Å²) >= 11 is 2.71. The Labute approximate surface area is 123 Å². The Hall–Kier alpha value is -1.87. The number of carbonyl (C=O) groups excluding carboxylic acids is 1. The van der Waals surface area contributed by atoms with E-state index in [-0.39, 0.29) is 11.7 Å². The van der Waals surface area contributed by atoms with Crippen molar-refractivity contribution in [1.29, 1.82) is 0 Å². The summed E-state index contributed by atoms with van der Waals surface area (Å²) in [4.78, 5) is 11.7. The number of nitrogens with zero attached hydrogens (tertiary/aromatic N) is 3. The Morgan fingerprint density at radius 3 is 3.15 bits per heavy atom. The van der Waals surface area contributed by atoms with Crippen molar-refractivity contribution in [2.75, 3.05) is 22.9 Å². The second kappa shape index (κ2) is 7.06. The highest BCUT2D eigenvalue weighted by Crippen LogP contribution is 2.25. The van der Waals surface area contributed by atoms with Gasteiger partial charge in [0.2, 0.25) is 16.9 Å². The Balaban J connectivity index is 1.78. The Bertz CT molecular complexity index is 595. The number of thioether (sulfide) groups is 1. The van der Waals surface area contributed by atoms with Crippen LogP contribution >= 0.6 is 23.1 Å². The van der Waals surface area contributed by atoms with E-state index in [1.807, 2.05) is 0 Å². The number of rotatable bonds is 7. The maximum atomic E-state index is 11.7. The number of anilines is 2. The first-order valence-electron chi connectivity index (χ1n) is 5.71. The molecule has 2 N–H and O–H groups in total. The molecule has 0 radical (unpaired) electrons. The molecule has 2 aromatic heterocycles. The highest BCUT2D eigenvalue weighted by Gasteiger charge is 2.10. The van der Waals surface area contributed by atoms with Gasteiger partial charge in [-0.15, -0.1) is 16.8 Å². The fourth-order valence-electron chi connectivity index (χ4n) is 1.22. The molecule has 0 aliphatic carbocycles. The Kier molecular flexibility index (Phi) is 5.13. The smallest absolute Gasteiger partial charge is 0.237 e. The van der Waals surface area contributed by atoms with Gasteiger partial charge in [0.1, 0.15) is 0 Å². The lowest BCUT2D eigenvalue weighted by atomic mass is 10.5. The summed E-state index contributed by atoms with van der Waals surface area (Å²) in [6.45, 7) is 6.02. The van der Waals surface area contributed by atoms with Gasteiger partial charge in [-0.05, 0) is 6.92 Å². The molecule has 0 fully saturated rings. The van der Waals surface area contributed by atoms with E-state index in [0.29, 0.717) is 17.6 Å². The zero-order chi connectivity index (χ0) is 14.4. The molecule has 7 nitrogen and oxygen atoms in total. The number of hydrogen-bond donors (Lipinski definition) is 2. The minimum Gasteiger partial charge on any atom is -0.357 e. The normalized spacial score (nSPS) is 10.2. The quantitative estimate of drug-likeness (QED) is 0.598. The van der Waals surface area contributed by atoms with Crippen LogP contribution < -0.4 is 10.6 Å². The molecule has 0 bridgehead atoms. The van der Waals surface area contributed by atoms with E-state index in [0.717, 1.165) is 10.0 Å². The molecule has 2 aromatic rings. The molecule has 0 aliphatic rings. The number of nitrogens with one attached hydrogen (secondary N) is 2. The molecule has 0 aromatic carbocycles. The molecule has 0 spiro atoms. The topological polar surface area (TPSA) is 92.9 Å². The molecule has 0 unspecified atom stereocenters. The summed E-state index contributed by atoms with van der Waals surface area (Å²) in [7, 11) is 0. The minimum atomic E-state index is -0.179. The van der Waals surface area contributed by atoms with Crippen LogP contribution in [0.2, 0.25) is 0 Å². The molecule has 0 saturated heterocycles. The van der Waals surface area contributed by atoms with Crippen LogP contribution in [0.3, 0.4) is 0 Å². The number of hydrogen-bond acceptors (Lipinski definition) is 8. The monoisotopic (exact) mass is 311 g/mol. The van der Waals surface area contributed by atoms with Crippen LogP contribution in [0.15, 0.2) is 27.6 Å². The molecular weight excluding hydrogens is 298 g/mol. The van der Waals surface area contributed by atoms with Crippen LogP contribution in [0.25, 0.3) is 0 Å². The van der Waals surface area contributed by atoms with Crippen LogP contribution in [0.5, 0.6) is 0 Å². The van der Waals surface area contributed by atoms with Crippen LogP contribution in [-0.4, -0.2) is 33.6 Å². The predicted octanol–water partition coefficient (Wildman–Crippen LogP) is 2.16. The molecular formula is C11H13N5O2S2. The van der Waals surface area contributed by atoms with Gasteiger partial charge in [0.05, 0.1) is 11.4 Å².